The zero-order valence-electron chi connectivity index (χ0n) is 12.2. The van der Waals surface area contributed by atoms with Crippen LogP contribution in [0.5, 0.6) is 0 Å². The predicted molar refractivity (Wildman–Crippen MR) is 74.6 cm³/mol. The summed E-state index contributed by atoms with van der Waals surface area (Å²) in [6.07, 6.45) is 1.21. The number of hydrogen-bond acceptors (Lipinski definition) is 4. The molecule has 0 radical (unpaired) electrons. The van der Waals surface area contributed by atoms with E-state index in [0.29, 0.717) is 18.5 Å². The van der Waals surface area contributed by atoms with E-state index in [4.69, 9.17) is 10.00 Å². The van der Waals surface area contributed by atoms with Gasteiger partial charge in [0.2, 0.25) is 0 Å². The van der Waals surface area contributed by atoms with Gasteiger partial charge in [0.1, 0.15) is 11.7 Å². The van der Waals surface area contributed by atoms with E-state index < -0.39 is 17.5 Å². The Morgan fingerprint density at radius 3 is 2.81 bits per heavy atom. The minimum absolute atomic E-state index is 0.257. The number of hydrogen-bond donors (Lipinski definition) is 1. The Morgan fingerprint density at radius 1 is 1.52 bits per heavy atom. The van der Waals surface area contributed by atoms with Gasteiger partial charge < -0.3 is 10.1 Å². The van der Waals surface area contributed by atoms with Gasteiger partial charge in [-0.05, 0) is 26.8 Å². The molecule has 0 atom stereocenters. The highest BCUT2D eigenvalue weighted by Gasteiger charge is 2.15. The number of halogens is 1. The second-order valence-electron chi connectivity index (χ2n) is 5.15. The Kier molecular flexibility index (Phi) is 5.68. The number of carbonyl (C=O) groups excluding carboxylic acids is 1. The van der Waals surface area contributed by atoms with Gasteiger partial charge in [0.05, 0.1) is 0 Å². The van der Waals surface area contributed by atoms with E-state index >= 15 is 0 Å². The maximum absolute atomic E-state index is 13.3. The van der Waals surface area contributed by atoms with E-state index in [2.05, 4.69) is 22.1 Å². The molecule has 1 amide bonds. The predicted octanol–water partition coefficient (Wildman–Crippen LogP) is 2.36. The van der Waals surface area contributed by atoms with Crippen LogP contribution in [-0.2, 0) is 4.74 Å². The summed E-state index contributed by atoms with van der Waals surface area (Å²) in [6.45, 7) is 5.66. The number of nitriles is 1. The van der Waals surface area contributed by atoms with E-state index in [-0.39, 0.29) is 5.69 Å². The molecule has 0 aliphatic heterocycles. The van der Waals surface area contributed by atoms with E-state index in [1.807, 2.05) is 0 Å². The first kappa shape index (κ1) is 16.5. The van der Waals surface area contributed by atoms with Crippen molar-refractivity contribution in [1.82, 2.24) is 10.3 Å². The molecule has 1 aromatic rings. The Hall–Kier alpha value is -2.60. The quantitative estimate of drug-likeness (QED) is 0.670. The fourth-order valence-corrected chi connectivity index (χ4v) is 1.29. The maximum Gasteiger partial charge on any atom is 0.407 e. The highest BCUT2D eigenvalue weighted by molar-refractivity contribution is 5.67. The van der Waals surface area contributed by atoms with Crippen molar-refractivity contribution in [3.05, 3.63) is 29.3 Å². The molecule has 5 nitrogen and oxygen atoms in total. The summed E-state index contributed by atoms with van der Waals surface area (Å²) >= 11 is 0. The largest absolute Gasteiger partial charge is 0.444 e. The molecule has 21 heavy (non-hydrogen) atoms. The third-order valence-electron chi connectivity index (χ3n) is 2.10. The van der Waals surface area contributed by atoms with Gasteiger partial charge in [0, 0.05) is 24.7 Å². The summed E-state index contributed by atoms with van der Waals surface area (Å²) in [5.74, 6) is 4.78. The van der Waals surface area contributed by atoms with Crippen LogP contribution in [0.3, 0.4) is 0 Å². The van der Waals surface area contributed by atoms with Gasteiger partial charge in [-0.25, -0.2) is 14.2 Å². The number of rotatable bonds is 2. The molecule has 1 heterocycles. The van der Waals surface area contributed by atoms with Crippen molar-refractivity contribution in [2.45, 2.75) is 32.8 Å². The van der Waals surface area contributed by atoms with Crippen LogP contribution in [0.1, 0.15) is 38.4 Å². The van der Waals surface area contributed by atoms with Crippen molar-refractivity contribution >= 4 is 6.09 Å². The fourth-order valence-electron chi connectivity index (χ4n) is 1.29. The molecule has 0 unspecified atom stereocenters. The lowest BCUT2D eigenvalue weighted by molar-refractivity contribution is 0.0529. The van der Waals surface area contributed by atoms with E-state index in [9.17, 15) is 9.18 Å². The van der Waals surface area contributed by atoms with Gasteiger partial charge in [0.15, 0.2) is 11.5 Å². The van der Waals surface area contributed by atoms with E-state index in [1.54, 1.807) is 26.8 Å². The van der Waals surface area contributed by atoms with Gasteiger partial charge in [-0.15, -0.1) is 0 Å². The monoisotopic (exact) mass is 289 g/mol. The number of amides is 1. The average molecular weight is 289 g/mol. The summed E-state index contributed by atoms with van der Waals surface area (Å²) in [5.41, 5.74) is -0.419. The molecular formula is C15H16FN3O2. The molecule has 0 fully saturated rings. The Balaban J connectivity index is 2.42. The van der Waals surface area contributed by atoms with E-state index in [1.165, 1.54) is 6.20 Å². The van der Waals surface area contributed by atoms with Crippen LogP contribution in [-0.4, -0.2) is 23.2 Å². The van der Waals surface area contributed by atoms with Gasteiger partial charge >= 0.3 is 6.09 Å². The molecule has 1 aromatic heterocycles. The lowest BCUT2D eigenvalue weighted by Gasteiger charge is -2.19. The summed E-state index contributed by atoms with van der Waals surface area (Å²) in [7, 11) is 0. The molecule has 0 spiro atoms. The first-order chi connectivity index (χ1) is 9.81. The minimum atomic E-state index is -0.698. The van der Waals surface area contributed by atoms with Crippen LogP contribution in [0.15, 0.2) is 12.3 Å². The SMILES string of the molecule is CC(C)(C)OC(=O)NCCC#Cc1cnc(C#N)c(F)c1. The number of aromatic nitrogens is 1. The summed E-state index contributed by atoms with van der Waals surface area (Å²) < 4.78 is 18.3. The third kappa shape index (κ3) is 6.40. The molecule has 1 N–H and O–H groups in total. The summed E-state index contributed by atoms with van der Waals surface area (Å²) in [6, 6.07) is 2.79. The van der Waals surface area contributed by atoms with Crippen LogP contribution < -0.4 is 5.32 Å². The van der Waals surface area contributed by atoms with E-state index in [0.717, 1.165) is 6.07 Å². The molecule has 1 rings (SSSR count). The van der Waals surface area contributed by atoms with Crippen LogP contribution in [0.25, 0.3) is 0 Å². The zero-order chi connectivity index (χ0) is 15.9. The molecule has 0 aliphatic rings. The Morgan fingerprint density at radius 2 is 2.24 bits per heavy atom. The van der Waals surface area contributed by atoms with Crippen molar-refractivity contribution in [2.24, 2.45) is 0 Å². The molecule has 110 valence electrons. The van der Waals surface area contributed by atoms with Crippen LogP contribution >= 0.6 is 0 Å². The molecule has 0 aromatic carbocycles. The minimum Gasteiger partial charge on any atom is -0.444 e. The second kappa shape index (κ2) is 7.25. The molecule has 6 heteroatoms. The molecule has 0 bridgehead atoms. The third-order valence-corrected chi connectivity index (χ3v) is 2.10. The number of nitrogens with one attached hydrogen (secondary N) is 1. The first-order valence-corrected chi connectivity index (χ1v) is 6.33. The fraction of sp³-hybridized carbons (Fsp3) is 0.400. The van der Waals surface area contributed by atoms with Gasteiger partial charge in [-0.2, -0.15) is 5.26 Å². The van der Waals surface area contributed by atoms with Crippen molar-refractivity contribution < 1.29 is 13.9 Å². The van der Waals surface area contributed by atoms with Crippen molar-refractivity contribution in [3.63, 3.8) is 0 Å². The standard InChI is InChI=1S/C15H16FN3O2/c1-15(2,3)21-14(20)18-7-5-4-6-11-8-12(16)13(9-17)19-10-11/h8,10H,5,7H2,1-3H3,(H,18,20). The van der Waals surface area contributed by atoms with Crippen molar-refractivity contribution in [3.8, 4) is 17.9 Å². The topological polar surface area (TPSA) is 75.0 Å². The number of alkyl carbamates (subject to hydrolysis) is 1. The van der Waals surface area contributed by atoms with Crippen molar-refractivity contribution in [1.29, 1.82) is 5.26 Å². The summed E-state index contributed by atoms with van der Waals surface area (Å²) in [4.78, 5) is 15.0. The first-order valence-electron chi connectivity index (χ1n) is 6.33. The lowest BCUT2D eigenvalue weighted by Crippen LogP contribution is -2.32. The van der Waals surface area contributed by atoms with Crippen LogP contribution in [0, 0.1) is 29.0 Å². The van der Waals surface area contributed by atoms with Crippen LogP contribution in [0.4, 0.5) is 9.18 Å². The molecule has 0 saturated heterocycles. The van der Waals surface area contributed by atoms with Gasteiger partial charge in [0.25, 0.3) is 0 Å². The molecule has 0 saturated carbocycles. The number of ether oxygens (including phenoxy) is 1. The number of nitrogens with zero attached hydrogens (tertiary/aromatic N) is 2. The Labute approximate surface area is 123 Å². The number of carbonyl (C=O) groups is 1. The smallest absolute Gasteiger partial charge is 0.407 e. The molecule has 0 aliphatic carbocycles. The highest BCUT2D eigenvalue weighted by atomic mass is 19.1. The maximum atomic E-state index is 13.3. The van der Waals surface area contributed by atoms with Gasteiger partial charge in [-0.3, -0.25) is 0 Å². The van der Waals surface area contributed by atoms with Gasteiger partial charge in [-0.1, -0.05) is 11.8 Å². The zero-order valence-corrected chi connectivity index (χ0v) is 12.2. The number of pyridine rings is 1. The average Bonchev–Trinajstić information content (AvgIpc) is 2.36. The molecular weight excluding hydrogens is 273 g/mol. The normalized spacial score (nSPS) is 10.0. The highest BCUT2D eigenvalue weighted by Crippen LogP contribution is 2.06. The van der Waals surface area contributed by atoms with Crippen LogP contribution in [0.2, 0.25) is 0 Å². The second-order valence-corrected chi connectivity index (χ2v) is 5.15. The summed E-state index contributed by atoms with van der Waals surface area (Å²) in [5, 5.41) is 11.1. The van der Waals surface area contributed by atoms with Crippen molar-refractivity contribution in [2.75, 3.05) is 6.54 Å². The Bertz CT molecular complexity index is 619. The lowest BCUT2D eigenvalue weighted by atomic mass is 10.2.